The zero-order valence-corrected chi connectivity index (χ0v) is 12.0. The van der Waals surface area contributed by atoms with Crippen LogP contribution in [-0.2, 0) is 0 Å². The number of nitrogen functional groups attached to an aromatic ring is 1. The molecule has 6 heteroatoms. The maximum absolute atomic E-state index is 11.9. The van der Waals surface area contributed by atoms with Crippen molar-refractivity contribution < 1.29 is 9.90 Å². The Morgan fingerprint density at radius 2 is 2.21 bits per heavy atom. The first-order valence-electron chi connectivity index (χ1n) is 6.09. The van der Waals surface area contributed by atoms with Crippen molar-refractivity contribution in [3.8, 4) is 0 Å². The van der Waals surface area contributed by atoms with Crippen molar-refractivity contribution in [3.63, 3.8) is 0 Å². The second kappa shape index (κ2) is 6.98. The molecule has 1 aliphatic rings. The summed E-state index contributed by atoms with van der Waals surface area (Å²) in [6.45, 7) is 0.487. The van der Waals surface area contributed by atoms with Crippen LogP contribution in [0.2, 0.25) is 5.02 Å². The summed E-state index contributed by atoms with van der Waals surface area (Å²) in [7, 11) is 0. The third kappa shape index (κ3) is 4.00. The smallest absolute Gasteiger partial charge is 0.252 e. The van der Waals surface area contributed by atoms with Gasteiger partial charge in [0, 0.05) is 18.2 Å². The van der Waals surface area contributed by atoms with Crippen molar-refractivity contribution in [1.82, 2.24) is 5.32 Å². The summed E-state index contributed by atoms with van der Waals surface area (Å²) in [5.74, 6) is -0.0689. The van der Waals surface area contributed by atoms with Gasteiger partial charge in [0.2, 0.25) is 0 Å². The number of nitrogens with one attached hydrogen (secondary N) is 1. The van der Waals surface area contributed by atoms with Crippen LogP contribution in [0.4, 0.5) is 5.69 Å². The normalized spacial score (nSPS) is 21.8. The molecule has 0 bridgehead atoms. The molecular weight excluding hydrogens is 287 g/mol. The highest BCUT2D eigenvalue weighted by molar-refractivity contribution is 6.34. The summed E-state index contributed by atoms with van der Waals surface area (Å²) in [5, 5.41) is 12.8. The monoisotopic (exact) mass is 304 g/mol. The van der Waals surface area contributed by atoms with E-state index in [-0.39, 0.29) is 30.3 Å². The molecular formula is C13H18Cl2N2O2. The maximum atomic E-state index is 11.9. The van der Waals surface area contributed by atoms with Crippen LogP contribution in [0.3, 0.4) is 0 Å². The van der Waals surface area contributed by atoms with Gasteiger partial charge in [-0.3, -0.25) is 4.79 Å². The van der Waals surface area contributed by atoms with Crippen LogP contribution in [-0.4, -0.2) is 23.7 Å². The van der Waals surface area contributed by atoms with Crippen LogP contribution >= 0.6 is 24.0 Å². The number of anilines is 1. The molecule has 1 aromatic carbocycles. The minimum atomic E-state index is -0.299. The van der Waals surface area contributed by atoms with Gasteiger partial charge < -0.3 is 16.2 Å². The molecule has 0 aromatic heterocycles. The third-order valence-electron chi connectivity index (χ3n) is 3.38. The van der Waals surface area contributed by atoms with E-state index in [1.807, 2.05) is 0 Å². The Kier molecular flexibility index (Phi) is 5.91. The molecule has 1 aromatic rings. The zero-order chi connectivity index (χ0) is 13.1. The van der Waals surface area contributed by atoms with Crippen LogP contribution in [0.1, 0.15) is 29.6 Å². The van der Waals surface area contributed by atoms with Crippen LogP contribution in [0.25, 0.3) is 0 Å². The Hall–Kier alpha value is -0.970. The molecule has 4 N–H and O–H groups in total. The molecule has 106 valence electrons. The van der Waals surface area contributed by atoms with Crippen LogP contribution in [0.5, 0.6) is 0 Å². The summed E-state index contributed by atoms with van der Waals surface area (Å²) in [5.41, 5.74) is 6.52. The maximum Gasteiger partial charge on any atom is 0.252 e. The standard InChI is InChI=1S/C13H17ClN2O2.ClH/c14-11-6-9(15)4-5-10(11)13(18)16-7-8-2-1-3-12(8)17;/h4-6,8,12,17H,1-3,7,15H2,(H,16,18);1H. The quantitative estimate of drug-likeness (QED) is 0.750. The molecule has 2 atom stereocenters. The Morgan fingerprint density at radius 1 is 1.47 bits per heavy atom. The highest BCUT2D eigenvalue weighted by Gasteiger charge is 2.25. The minimum Gasteiger partial charge on any atom is -0.399 e. The van der Waals surface area contributed by atoms with Gasteiger partial charge in [-0.25, -0.2) is 0 Å². The number of halogens is 2. The summed E-state index contributed by atoms with van der Waals surface area (Å²) in [6.07, 6.45) is 2.50. The SMILES string of the molecule is Cl.Nc1ccc(C(=O)NCC2CCCC2O)c(Cl)c1. The fourth-order valence-electron chi connectivity index (χ4n) is 2.29. The zero-order valence-electron chi connectivity index (χ0n) is 10.4. The Balaban J connectivity index is 0.00000180. The fourth-order valence-corrected chi connectivity index (χ4v) is 2.56. The number of hydrogen-bond acceptors (Lipinski definition) is 3. The number of rotatable bonds is 3. The van der Waals surface area contributed by atoms with Crippen molar-refractivity contribution in [2.75, 3.05) is 12.3 Å². The van der Waals surface area contributed by atoms with Gasteiger partial charge in [0.1, 0.15) is 0 Å². The molecule has 19 heavy (non-hydrogen) atoms. The lowest BCUT2D eigenvalue weighted by atomic mass is 10.1. The van der Waals surface area contributed by atoms with E-state index in [2.05, 4.69) is 5.32 Å². The molecule has 2 unspecified atom stereocenters. The summed E-state index contributed by atoms with van der Waals surface area (Å²) >= 11 is 5.96. The Bertz CT molecular complexity index is 454. The molecule has 0 saturated heterocycles. The molecule has 0 radical (unpaired) electrons. The summed E-state index contributed by atoms with van der Waals surface area (Å²) in [6, 6.07) is 4.81. The van der Waals surface area contributed by atoms with E-state index >= 15 is 0 Å². The van der Waals surface area contributed by atoms with Crippen LogP contribution < -0.4 is 11.1 Å². The van der Waals surface area contributed by atoms with Gasteiger partial charge in [-0.2, -0.15) is 0 Å². The molecule has 4 nitrogen and oxygen atoms in total. The Morgan fingerprint density at radius 3 is 2.79 bits per heavy atom. The average Bonchev–Trinajstić information content (AvgIpc) is 2.72. The van der Waals surface area contributed by atoms with Gasteiger partial charge >= 0.3 is 0 Å². The number of carbonyl (C=O) groups excluding carboxylic acids is 1. The molecule has 1 fully saturated rings. The fraction of sp³-hybridized carbons (Fsp3) is 0.462. The number of benzene rings is 1. The van der Waals surface area contributed by atoms with Crippen molar-refractivity contribution >= 4 is 35.6 Å². The lowest BCUT2D eigenvalue weighted by Crippen LogP contribution is -2.32. The van der Waals surface area contributed by atoms with Crippen molar-refractivity contribution in [3.05, 3.63) is 28.8 Å². The van der Waals surface area contributed by atoms with E-state index in [0.717, 1.165) is 19.3 Å². The average molecular weight is 305 g/mol. The molecule has 0 heterocycles. The number of amides is 1. The first-order chi connectivity index (χ1) is 8.58. The van der Waals surface area contributed by atoms with Gasteiger partial charge in [-0.05, 0) is 31.0 Å². The summed E-state index contributed by atoms with van der Waals surface area (Å²) in [4.78, 5) is 11.9. The summed E-state index contributed by atoms with van der Waals surface area (Å²) < 4.78 is 0. The van der Waals surface area contributed by atoms with Gasteiger partial charge in [0.15, 0.2) is 0 Å². The van der Waals surface area contributed by atoms with E-state index < -0.39 is 0 Å². The molecule has 1 saturated carbocycles. The van der Waals surface area contributed by atoms with E-state index in [0.29, 0.717) is 22.8 Å². The third-order valence-corrected chi connectivity index (χ3v) is 3.69. The predicted octanol–water partition coefficient (Wildman–Crippen LogP) is 2.23. The van der Waals surface area contributed by atoms with E-state index in [9.17, 15) is 9.90 Å². The topological polar surface area (TPSA) is 75.4 Å². The lowest BCUT2D eigenvalue weighted by Gasteiger charge is -2.15. The van der Waals surface area contributed by atoms with Crippen molar-refractivity contribution in [2.45, 2.75) is 25.4 Å². The van der Waals surface area contributed by atoms with Gasteiger partial charge in [-0.15, -0.1) is 12.4 Å². The second-order valence-electron chi connectivity index (χ2n) is 4.71. The van der Waals surface area contributed by atoms with Crippen molar-refractivity contribution in [1.29, 1.82) is 0 Å². The number of nitrogens with two attached hydrogens (primary N) is 1. The first kappa shape index (κ1) is 16.1. The minimum absolute atomic E-state index is 0. The molecule has 1 aliphatic carbocycles. The van der Waals surface area contributed by atoms with Gasteiger partial charge in [0.05, 0.1) is 16.7 Å². The van der Waals surface area contributed by atoms with E-state index in [1.54, 1.807) is 18.2 Å². The Labute approximate surface area is 123 Å². The van der Waals surface area contributed by atoms with Gasteiger partial charge in [-0.1, -0.05) is 18.0 Å². The number of aliphatic hydroxyl groups excluding tert-OH is 1. The second-order valence-corrected chi connectivity index (χ2v) is 5.11. The lowest BCUT2D eigenvalue weighted by molar-refractivity contribution is 0.0917. The molecule has 2 rings (SSSR count). The van der Waals surface area contributed by atoms with Crippen molar-refractivity contribution in [2.24, 2.45) is 5.92 Å². The molecule has 0 aliphatic heterocycles. The first-order valence-corrected chi connectivity index (χ1v) is 6.47. The van der Waals surface area contributed by atoms with Crippen LogP contribution in [0, 0.1) is 5.92 Å². The largest absolute Gasteiger partial charge is 0.399 e. The highest BCUT2D eigenvalue weighted by atomic mass is 35.5. The molecule has 1 amide bonds. The van der Waals surface area contributed by atoms with E-state index in [4.69, 9.17) is 17.3 Å². The van der Waals surface area contributed by atoms with Crippen LogP contribution in [0.15, 0.2) is 18.2 Å². The number of carbonyl (C=O) groups is 1. The number of hydrogen-bond donors (Lipinski definition) is 3. The van der Waals surface area contributed by atoms with E-state index in [1.165, 1.54) is 0 Å². The number of aliphatic hydroxyl groups is 1. The highest BCUT2D eigenvalue weighted by Crippen LogP contribution is 2.25. The molecule has 0 spiro atoms. The van der Waals surface area contributed by atoms with Gasteiger partial charge in [0.25, 0.3) is 5.91 Å². The predicted molar refractivity (Wildman–Crippen MR) is 78.8 cm³/mol.